The van der Waals surface area contributed by atoms with Crippen LogP contribution in [0.25, 0.3) is 11.8 Å². The summed E-state index contributed by atoms with van der Waals surface area (Å²) in [6, 6.07) is 10.1. The van der Waals surface area contributed by atoms with Gasteiger partial charge >= 0.3 is 0 Å². The van der Waals surface area contributed by atoms with Crippen LogP contribution in [0.3, 0.4) is 0 Å². The van der Waals surface area contributed by atoms with Crippen molar-refractivity contribution in [1.29, 1.82) is 0 Å². The van der Waals surface area contributed by atoms with Crippen LogP contribution in [0.15, 0.2) is 48.8 Å². The highest BCUT2D eigenvalue weighted by molar-refractivity contribution is 8.13. The van der Waals surface area contributed by atoms with Crippen LogP contribution in [0, 0.1) is 0 Å². The van der Waals surface area contributed by atoms with E-state index in [1.165, 1.54) is 11.8 Å². The third-order valence-corrected chi connectivity index (χ3v) is 3.41. The molecule has 0 aliphatic heterocycles. The second-order valence-corrected chi connectivity index (χ2v) is 5.35. The standard InChI is InChI=1S/C15H16N2OS/c1-13(18)19-12-3-2-5-14-6-8-15(9-7-14)17-11-4-10-16-17/h2,4-11H,3,12H2,1H3. The average Bonchev–Trinajstić information content (AvgIpc) is 2.93. The van der Waals surface area contributed by atoms with Crippen LogP contribution >= 0.6 is 11.8 Å². The molecule has 1 aromatic carbocycles. The molecule has 0 aliphatic carbocycles. The fraction of sp³-hybridized carbons (Fsp3) is 0.200. The molecule has 0 atom stereocenters. The van der Waals surface area contributed by atoms with Crippen molar-refractivity contribution in [3.63, 3.8) is 0 Å². The summed E-state index contributed by atoms with van der Waals surface area (Å²) in [7, 11) is 0. The van der Waals surface area contributed by atoms with Crippen LogP contribution < -0.4 is 0 Å². The van der Waals surface area contributed by atoms with Gasteiger partial charge in [0.1, 0.15) is 0 Å². The summed E-state index contributed by atoms with van der Waals surface area (Å²) in [4.78, 5) is 10.8. The molecule has 0 N–H and O–H groups in total. The Labute approximate surface area is 117 Å². The first-order chi connectivity index (χ1) is 9.25. The maximum atomic E-state index is 10.8. The molecule has 3 nitrogen and oxygen atoms in total. The number of hydrogen-bond donors (Lipinski definition) is 0. The lowest BCUT2D eigenvalue weighted by atomic mass is 10.2. The number of nitrogens with zero attached hydrogens (tertiary/aromatic N) is 2. The molecule has 98 valence electrons. The van der Waals surface area contributed by atoms with Crippen LogP contribution in [0.4, 0.5) is 0 Å². The van der Waals surface area contributed by atoms with Gasteiger partial charge in [0.05, 0.1) is 5.69 Å². The highest BCUT2D eigenvalue weighted by Crippen LogP contribution is 2.11. The molecule has 2 rings (SSSR count). The van der Waals surface area contributed by atoms with Crippen molar-refractivity contribution in [3.05, 3.63) is 54.4 Å². The normalized spacial score (nSPS) is 11.0. The molecule has 0 radical (unpaired) electrons. The Morgan fingerprint density at radius 3 is 2.79 bits per heavy atom. The number of allylic oxidation sites excluding steroid dienone is 1. The van der Waals surface area contributed by atoms with E-state index in [4.69, 9.17) is 0 Å². The summed E-state index contributed by atoms with van der Waals surface area (Å²) < 4.78 is 1.83. The van der Waals surface area contributed by atoms with Gasteiger partial charge in [-0.25, -0.2) is 4.68 Å². The van der Waals surface area contributed by atoms with Crippen molar-refractivity contribution in [2.75, 3.05) is 5.75 Å². The molecule has 0 saturated carbocycles. The van der Waals surface area contributed by atoms with Crippen molar-refractivity contribution < 1.29 is 4.79 Å². The first kappa shape index (κ1) is 13.6. The summed E-state index contributed by atoms with van der Waals surface area (Å²) in [6.07, 6.45) is 8.77. The monoisotopic (exact) mass is 272 g/mol. The van der Waals surface area contributed by atoms with Crippen LogP contribution in [-0.4, -0.2) is 20.6 Å². The van der Waals surface area contributed by atoms with E-state index in [-0.39, 0.29) is 5.12 Å². The van der Waals surface area contributed by atoms with Gasteiger partial charge in [-0.3, -0.25) is 4.79 Å². The van der Waals surface area contributed by atoms with Crippen molar-refractivity contribution in [1.82, 2.24) is 9.78 Å². The van der Waals surface area contributed by atoms with Gasteiger partial charge in [-0.1, -0.05) is 36.0 Å². The smallest absolute Gasteiger partial charge is 0.185 e. The zero-order chi connectivity index (χ0) is 13.5. The van der Waals surface area contributed by atoms with Gasteiger partial charge in [0.2, 0.25) is 0 Å². The van der Waals surface area contributed by atoms with E-state index in [1.807, 2.05) is 29.1 Å². The minimum absolute atomic E-state index is 0.178. The summed E-state index contributed by atoms with van der Waals surface area (Å²) in [5, 5.41) is 4.36. The van der Waals surface area contributed by atoms with Gasteiger partial charge in [-0.05, 0) is 30.2 Å². The van der Waals surface area contributed by atoms with E-state index in [2.05, 4.69) is 29.4 Å². The third-order valence-electron chi connectivity index (χ3n) is 2.56. The van der Waals surface area contributed by atoms with Crippen molar-refractivity contribution in [2.24, 2.45) is 0 Å². The lowest BCUT2D eigenvalue weighted by Gasteiger charge is -2.01. The Balaban J connectivity index is 1.88. The van der Waals surface area contributed by atoms with E-state index < -0.39 is 0 Å². The molecule has 0 unspecified atom stereocenters. The number of benzene rings is 1. The molecule has 0 saturated heterocycles. The summed E-state index contributed by atoms with van der Waals surface area (Å²) in [6.45, 7) is 1.60. The molecule has 19 heavy (non-hydrogen) atoms. The number of thioether (sulfide) groups is 1. The fourth-order valence-electron chi connectivity index (χ4n) is 1.65. The number of hydrogen-bond acceptors (Lipinski definition) is 3. The SMILES string of the molecule is CC(=O)SCCC=Cc1ccc(-n2cccn2)cc1. The molecular weight excluding hydrogens is 256 g/mol. The van der Waals surface area contributed by atoms with E-state index in [0.29, 0.717) is 0 Å². The number of carbonyl (C=O) groups is 1. The quantitative estimate of drug-likeness (QED) is 0.781. The number of aromatic nitrogens is 2. The van der Waals surface area contributed by atoms with Gasteiger partial charge in [0, 0.05) is 25.1 Å². The molecule has 0 aliphatic rings. The zero-order valence-corrected chi connectivity index (χ0v) is 11.6. The Morgan fingerprint density at radius 1 is 1.37 bits per heavy atom. The van der Waals surface area contributed by atoms with Crippen molar-refractivity contribution in [2.45, 2.75) is 13.3 Å². The van der Waals surface area contributed by atoms with E-state index in [0.717, 1.165) is 23.4 Å². The van der Waals surface area contributed by atoms with Crippen LogP contribution in [0.1, 0.15) is 18.9 Å². The molecule has 4 heteroatoms. The van der Waals surface area contributed by atoms with Crippen molar-refractivity contribution >= 4 is 23.0 Å². The molecule has 0 fully saturated rings. The molecule has 1 aromatic heterocycles. The highest BCUT2D eigenvalue weighted by atomic mass is 32.2. The lowest BCUT2D eigenvalue weighted by Crippen LogP contribution is -1.93. The predicted molar refractivity (Wildman–Crippen MR) is 80.4 cm³/mol. The van der Waals surface area contributed by atoms with E-state index in [1.54, 1.807) is 13.1 Å². The largest absolute Gasteiger partial charge is 0.288 e. The molecule has 1 heterocycles. The van der Waals surface area contributed by atoms with Gasteiger partial charge in [-0.2, -0.15) is 5.10 Å². The molecule has 2 aromatic rings. The minimum atomic E-state index is 0.178. The highest BCUT2D eigenvalue weighted by Gasteiger charge is 1.95. The maximum absolute atomic E-state index is 10.8. The summed E-state index contributed by atoms with van der Waals surface area (Å²) in [5.41, 5.74) is 2.21. The first-order valence-electron chi connectivity index (χ1n) is 6.16. The van der Waals surface area contributed by atoms with Gasteiger partial charge < -0.3 is 0 Å². The predicted octanol–water partition coefficient (Wildman–Crippen LogP) is 3.56. The molecule has 0 amide bonds. The Kier molecular flexibility index (Phi) is 4.98. The number of carbonyl (C=O) groups excluding carboxylic acids is 1. The Hall–Kier alpha value is -1.81. The van der Waals surface area contributed by atoms with E-state index >= 15 is 0 Å². The second-order valence-electron chi connectivity index (χ2n) is 4.07. The van der Waals surface area contributed by atoms with Crippen LogP contribution in [-0.2, 0) is 4.79 Å². The van der Waals surface area contributed by atoms with Gasteiger partial charge in [0.25, 0.3) is 0 Å². The topological polar surface area (TPSA) is 34.9 Å². The first-order valence-corrected chi connectivity index (χ1v) is 7.14. The maximum Gasteiger partial charge on any atom is 0.185 e. The fourth-order valence-corrected chi connectivity index (χ4v) is 2.19. The van der Waals surface area contributed by atoms with Crippen LogP contribution in [0.2, 0.25) is 0 Å². The molecule has 0 spiro atoms. The molecule has 0 bridgehead atoms. The summed E-state index contributed by atoms with van der Waals surface area (Å²) >= 11 is 1.37. The van der Waals surface area contributed by atoms with E-state index in [9.17, 15) is 4.79 Å². The number of rotatable bonds is 5. The lowest BCUT2D eigenvalue weighted by molar-refractivity contribution is -0.109. The Morgan fingerprint density at radius 2 is 2.16 bits per heavy atom. The van der Waals surface area contributed by atoms with Gasteiger partial charge in [0.15, 0.2) is 5.12 Å². The van der Waals surface area contributed by atoms with Gasteiger partial charge in [-0.15, -0.1) is 0 Å². The van der Waals surface area contributed by atoms with Crippen LogP contribution in [0.5, 0.6) is 0 Å². The molecular formula is C15H16N2OS. The minimum Gasteiger partial charge on any atom is -0.288 e. The average molecular weight is 272 g/mol. The Bertz CT molecular complexity index is 544. The zero-order valence-electron chi connectivity index (χ0n) is 10.8. The summed E-state index contributed by atoms with van der Waals surface area (Å²) in [5.74, 6) is 0.844. The van der Waals surface area contributed by atoms with Crippen molar-refractivity contribution in [3.8, 4) is 5.69 Å². The third kappa shape index (κ3) is 4.41. The second kappa shape index (κ2) is 6.95.